The summed E-state index contributed by atoms with van der Waals surface area (Å²) in [6, 6.07) is 10.6. The number of benzene rings is 2. The van der Waals surface area contributed by atoms with Gasteiger partial charge in [-0.2, -0.15) is 5.21 Å². The van der Waals surface area contributed by atoms with Crippen LogP contribution in [0.4, 0.5) is 5.69 Å². The first-order chi connectivity index (χ1) is 13.5. The summed E-state index contributed by atoms with van der Waals surface area (Å²) < 4.78 is 5.53. The van der Waals surface area contributed by atoms with Gasteiger partial charge in [0, 0.05) is 22.7 Å². The maximum atomic E-state index is 12.8. The fourth-order valence-corrected chi connectivity index (χ4v) is 2.86. The summed E-state index contributed by atoms with van der Waals surface area (Å²) in [4.78, 5) is 23.2. The van der Waals surface area contributed by atoms with Crippen LogP contribution in [0.5, 0.6) is 0 Å². The van der Waals surface area contributed by atoms with Gasteiger partial charge in [0.2, 0.25) is 5.82 Å². The zero-order valence-electron chi connectivity index (χ0n) is 14.0. The van der Waals surface area contributed by atoms with E-state index in [1.165, 1.54) is 30.5 Å². The highest BCUT2D eigenvalue weighted by Gasteiger charge is 2.14. The first-order valence-electron chi connectivity index (χ1n) is 7.94. The predicted molar refractivity (Wildman–Crippen MR) is 102 cm³/mol. The van der Waals surface area contributed by atoms with Crippen LogP contribution in [0.25, 0.3) is 22.6 Å². The van der Waals surface area contributed by atoms with Gasteiger partial charge in [0.25, 0.3) is 5.69 Å². The molecule has 0 bridgehead atoms. The van der Waals surface area contributed by atoms with E-state index in [0.717, 1.165) is 0 Å². The highest BCUT2D eigenvalue weighted by Crippen LogP contribution is 2.25. The van der Waals surface area contributed by atoms with Crippen LogP contribution in [0.15, 0.2) is 57.9 Å². The molecule has 10 heteroatoms. The summed E-state index contributed by atoms with van der Waals surface area (Å²) in [5.74, 6) is 0.222. The molecule has 4 rings (SSSR count). The van der Waals surface area contributed by atoms with Gasteiger partial charge in [0.1, 0.15) is 11.8 Å². The molecule has 28 heavy (non-hydrogen) atoms. The number of non-ortho nitro benzene ring substituents is 1. The quantitative estimate of drug-likeness (QED) is 0.414. The maximum absolute atomic E-state index is 12.8. The zero-order chi connectivity index (χ0) is 19.7. The largest absolute Gasteiger partial charge is 0.463 e. The van der Waals surface area contributed by atoms with Crippen molar-refractivity contribution in [2.45, 2.75) is 0 Å². The Labute approximate surface area is 161 Å². The molecular formula is C18H10ClN5O4. The number of rotatable bonds is 4. The van der Waals surface area contributed by atoms with Crippen molar-refractivity contribution in [3.8, 4) is 0 Å². The number of hydrogen-bond acceptors (Lipinski definition) is 7. The van der Waals surface area contributed by atoms with Gasteiger partial charge in [0.05, 0.1) is 15.9 Å². The van der Waals surface area contributed by atoms with Crippen molar-refractivity contribution in [3.05, 3.63) is 91.0 Å². The molecule has 0 amide bonds. The Balaban J connectivity index is 1.89. The van der Waals surface area contributed by atoms with Crippen LogP contribution in [0, 0.1) is 10.1 Å². The van der Waals surface area contributed by atoms with Crippen LogP contribution < -0.4 is 5.43 Å². The molecule has 0 spiro atoms. The Morgan fingerprint density at radius 3 is 2.68 bits per heavy atom. The Morgan fingerprint density at radius 2 is 2.00 bits per heavy atom. The molecular weight excluding hydrogens is 386 g/mol. The molecule has 0 unspecified atom stereocenters. The Bertz CT molecular complexity index is 1260. The first-order valence-corrected chi connectivity index (χ1v) is 8.32. The lowest BCUT2D eigenvalue weighted by atomic mass is 10.0. The van der Waals surface area contributed by atoms with Crippen LogP contribution in [0.1, 0.15) is 17.0 Å². The van der Waals surface area contributed by atoms with Crippen LogP contribution in [0.2, 0.25) is 5.02 Å². The number of fused-ring (bicyclic) bond motifs is 1. The Morgan fingerprint density at radius 1 is 1.21 bits per heavy atom. The molecule has 2 aromatic heterocycles. The van der Waals surface area contributed by atoms with Gasteiger partial charge < -0.3 is 4.42 Å². The van der Waals surface area contributed by atoms with Gasteiger partial charge in [-0.25, -0.2) is 0 Å². The molecule has 0 fully saturated rings. The molecule has 0 saturated carbocycles. The number of aromatic nitrogens is 4. The molecule has 138 valence electrons. The number of hydrogen-bond donors (Lipinski definition) is 1. The summed E-state index contributed by atoms with van der Waals surface area (Å²) >= 11 is 5.98. The third kappa shape index (κ3) is 3.26. The second kappa shape index (κ2) is 7.05. The summed E-state index contributed by atoms with van der Waals surface area (Å²) in [5, 5.41) is 25.4. The third-order valence-electron chi connectivity index (χ3n) is 4.04. The van der Waals surface area contributed by atoms with Crippen LogP contribution in [-0.4, -0.2) is 25.5 Å². The highest BCUT2D eigenvalue weighted by molar-refractivity contribution is 6.31. The van der Waals surface area contributed by atoms with Crippen molar-refractivity contribution in [1.82, 2.24) is 20.6 Å². The second-order valence-corrected chi connectivity index (χ2v) is 6.19. The van der Waals surface area contributed by atoms with E-state index in [1.807, 2.05) is 0 Å². The minimum Gasteiger partial charge on any atom is -0.463 e. The topological polar surface area (TPSA) is 128 Å². The minimum absolute atomic E-state index is 0.0592. The van der Waals surface area contributed by atoms with Gasteiger partial charge in [-0.15, -0.1) is 10.2 Å². The van der Waals surface area contributed by atoms with Crippen molar-refractivity contribution < 1.29 is 9.34 Å². The van der Waals surface area contributed by atoms with E-state index in [4.69, 9.17) is 16.0 Å². The van der Waals surface area contributed by atoms with Gasteiger partial charge in [-0.1, -0.05) is 11.6 Å². The Hall–Kier alpha value is -3.85. The lowest BCUT2D eigenvalue weighted by Gasteiger charge is -2.05. The van der Waals surface area contributed by atoms with E-state index < -0.39 is 4.92 Å². The molecule has 4 aromatic rings. The summed E-state index contributed by atoms with van der Waals surface area (Å²) in [5.41, 5.74) is 1.31. The molecule has 0 aliphatic heterocycles. The molecule has 1 N–H and O–H groups in total. The number of nitrogens with zero attached hydrogens (tertiary/aromatic N) is 4. The lowest BCUT2D eigenvalue weighted by molar-refractivity contribution is -0.384. The summed E-state index contributed by atoms with van der Waals surface area (Å²) in [7, 11) is 0. The van der Waals surface area contributed by atoms with Gasteiger partial charge in [0.15, 0.2) is 5.43 Å². The monoisotopic (exact) mass is 395 g/mol. The number of tetrazole rings is 1. The normalized spacial score (nSPS) is 11.7. The predicted octanol–water partition coefficient (Wildman–Crippen LogP) is 3.46. The molecule has 0 aliphatic carbocycles. The van der Waals surface area contributed by atoms with Crippen molar-refractivity contribution >= 4 is 39.9 Å². The van der Waals surface area contributed by atoms with E-state index in [2.05, 4.69) is 20.6 Å². The van der Waals surface area contributed by atoms with E-state index in [1.54, 1.807) is 24.3 Å². The average molecular weight is 396 g/mol. The average Bonchev–Trinajstić information content (AvgIpc) is 3.22. The van der Waals surface area contributed by atoms with E-state index in [9.17, 15) is 14.9 Å². The molecule has 2 aromatic carbocycles. The second-order valence-electron chi connectivity index (χ2n) is 5.76. The van der Waals surface area contributed by atoms with Crippen molar-refractivity contribution in [1.29, 1.82) is 0 Å². The third-order valence-corrected chi connectivity index (χ3v) is 4.27. The molecule has 0 radical (unpaired) electrons. The maximum Gasteiger partial charge on any atom is 0.269 e. The number of H-pyrrole nitrogens is 1. The van der Waals surface area contributed by atoms with Gasteiger partial charge >= 0.3 is 0 Å². The van der Waals surface area contributed by atoms with Crippen LogP contribution in [0.3, 0.4) is 0 Å². The van der Waals surface area contributed by atoms with Crippen LogP contribution >= 0.6 is 11.6 Å². The van der Waals surface area contributed by atoms with Crippen molar-refractivity contribution in [3.63, 3.8) is 0 Å². The fraction of sp³-hybridized carbons (Fsp3) is 0. The summed E-state index contributed by atoms with van der Waals surface area (Å²) in [6.45, 7) is 0. The van der Waals surface area contributed by atoms with Crippen molar-refractivity contribution in [2.75, 3.05) is 0 Å². The minimum atomic E-state index is -0.497. The van der Waals surface area contributed by atoms with E-state index >= 15 is 0 Å². The van der Waals surface area contributed by atoms with E-state index in [0.29, 0.717) is 27.1 Å². The standard InChI is InChI=1S/C18H10ClN5O4/c19-12-3-6-16-15(8-12)17(25)11(9-28-16)7-14(18-20-22-23-21-18)10-1-4-13(5-2-10)24(26)27/h1-9H,(H,20,21,22,23)/b14-7-. The lowest BCUT2D eigenvalue weighted by Crippen LogP contribution is -2.05. The number of nitro benzene ring substituents is 1. The summed E-state index contributed by atoms with van der Waals surface area (Å²) in [6.07, 6.45) is 2.86. The molecule has 0 saturated heterocycles. The fourth-order valence-electron chi connectivity index (χ4n) is 2.69. The number of halogens is 1. The van der Waals surface area contributed by atoms with Crippen LogP contribution in [-0.2, 0) is 0 Å². The molecule has 0 aliphatic rings. The molecule has 0 atom stereocenters. The van der Waals surface area contributed by atoms with Gasteiger partial charge in [-0.05, 0) is 47.2 Å². The zero-order valence-corrected chi connectivity index (χ0v) is 14.8. The number of nitro groups is 1. The SMILES string of the molecule is O=c1c(/C=C(/c2ccc([N+](=O)[O-])cc2)c2nn[nH]n2)coc2ccc(Cl)cc12. The molecule has 9 nitrogen and oxygen atoms in total. The van der Waals surface area contributed by atoms with Crippen molar-refractivity contribution in [2.24, 2.45) is 0 Å². The smallest absolute Gasteiger partial charge is 0.269 e. The number of aromatic amines is 1. The van der Waals surface area contributed by atoms with E-state index in [-0.39, 0.29) is 22.5 Å². The highest BCUT2D eigenvalue weighted by atomic mass is 35.5. The number of nitrogens with one attached hydrogen (secondary N) is 1. The molecule has 2 heterocycles. The Kier molecular flexibility index (Phi) is 4.42. The first kappa shape index (κ1) is 17.6. The van der Waals surface area contributed by atoms with Gasteiger partial charge in [-0.3, -0.25) is 14.9 Å².